The second-order valence-corrected chi connectivity index (χ2v) is 7.90. The van der Waals surface area contributed by atoms with Crippen LogP contribution >= 0.6 is 0 Å². The van der Waals surface area contributed by atoms with Crippen molar-refractivity contribution in [3.8, 4) is 0 Å². The number of rotatable bonds is 3. The van der Waals surface area contributed by atoms with Crippen molar-refractivity contribution < 1.29 is 26.3 Å². The van der Waals surface area contributed by atoms with Crippen molar-refractivity contribution in [2.24, 2.45) is 0 Å². The summed E-state index contributed by atoms with van der Waals surface area (Å²) in [6, 6.07) is 10.7. The summed E-state index contributed by atoms with van der Waals surface area (Å²) in [6.07, 6.45) is -5.06. The van der Waals surface area contributed by atoms with Gasteiger partial charge in [-0.2, -0.15) is 26.3 Å². The van der Waals surface area contributed by atoms with Crippen LogP contribution in [0.3, 0.4) is 0 Å². The van der Waals surface area contributed by atoms with Gasteiger partial charge in [0.2, 0.25) is 0 Å². The third kappa shape index (κ3) is 4.09. The Morgan fingerprint density at radius 2 is 0.900 bits per heavy atom. The Kier molecular flexibility index (Phi) is 5.36. The van der Waals surface area contributed by atoms with Crippen LogP contribution < -0.4 is 9.80 Å². The van der Waals surface area contributed by atoms with E-state index in [0.29, 0.717) is 0 Å². The zero-order chi connectivity index (χ0) is 21.5. The monoisotopic (exact) mass is 428 g/mol. The van der Waals surface area contributed by atoms with Gasteiger partial charge < -0.3 is 9.80 Å². The summed E-state index contributed by atoms with van der Waals surface area (Å²) in [5.74, 6) is 0. The van der Waals surface area contributed by atoms with Gasteiger partial charge in [0.1, 0.15) is 0 Å². The molecule has 2 heterocycles. The summed E-state index contributed by atoms with van der Waals surface area (Å²) in [5, 5.41) is 0. The first-order valence-corrected chi connectivity index (χ1v) is 10.0. The van der Waals surface area contributed by atoms with Crippen molar-refractivity contribution in [3.05, 3.63) is 59.7 Å². The molecule has 0 bridgehead atoms. The summed E-state index contributed by atoms with van der Waals surface area (Å²) < 4.78 is 77.2. The molecule has 0 spiro atoms. The van der Waals surface area contributed by atoms with E-state index in [0.717, 1.165) is 74.4 Å². The average Bonchev–Trinajstić information content (AvgIpc) is 3.36. The molecule has 2 fully saturated rings. The second-order valence-electron chi connectivity index (χ2n) is 7.90. The van der Waals surface area contributed by atoms with E-state index in [-0.39, 0.29) is 12.1 Å². The van der Waals surface area contributed by atoms with Crippen molar-refractivity contribution in [1.29, 1.82) is 0 Å². The number of alkyl halides is 6. The SMILES string of the molecule is FC(F)(F)c1ccc(N2CCC[C@@H]2[C@H]2CCCN2c2ccc(C(F)(F)F)cc2)cc1. The van der Waals surface area contributed by atoms with Crippen LogP contribution in [0.1, 0.15) is 36.8 Å². The van der Waals surface area contributed by atoms with Gasteiger partial charge in [0, 0.05) is 36.5 Å². The summed E-state index contributed by atoms with van der Waals surface area (Å²) in [6.45, 7) is 1.51. The Morgan fingerprint density at radius 3 is 1.20 bits per heavy atom. The first-order valence-electron chi connectivity index (χ1n) is 10.0. The molecule has 0 aliphatic carbocycles. The predicted molar refractivity (Wildman–Crippen MR) is 104 cm³/mol. The zero-order valence-corrected chi connectivity index (χ0v) is 16.2. The van der Waals surface area contributed by atoms with Crippen molar-refractivity contribution >= 4 is 11.4 Å². The molecule has 0 saturated carbocycles. The summed E-state index contributed by atoms with van der Waals surface area (Å²) in [5.41, 5.74) is 0.165. The highest BCUT2D eigenvalue weighted by atomic mass is 19.4. The van der Waals surface area contributed by atoms with E-state index in [1.165, 1.54) is 24.3 Å². The lowest BCUT2D eigenvalue weighted by Gasteiger charge is -2.37. The minimum Gasteiger partial charge on any atom is -0.366 e. The molecule has 0 amide bonds. The van der Waals surface area contributed by atoms with Crippen LogP contribution in [-0.2, 0) is 12.4 Å². The Hall–Kier alpha value is -2.38. The lowest BCUT2D eigenvalue weighted by atomic mass is 10.0. The minimum absolute atomic E-state index is 0.117. The van der Waals surface area contributed by atoms with E-state index < -0.39 is 23.5 Å². The summed E-state index contributed by atoms with van der Waals surface area (Å²) >= 11 is 0. The van der Waals surface area contributed by atoms with Crippen molar-refractivity contribution in [1.82, 2.24) is 0 Å². The van der Waals surface area contributed by atoms with E-state index in [1.54, 1.807) is 0 Å². The highest BCUT2D eigenvalue weighted by Gasteiger charge is 2.39. The molecular weight excluding hydrogens is 406 g/mol. The van der Waals surface area contributed by atoms with Gasteiger partial charge >= 0.3 is 12.4 Å². The highest BCUT2D eigenvalue weighted by Crippen LogP contribution is 2.38. The third-order valence-electron chi connectivity index (χ3n) is 6.10. The van der Waals surface area contributed by atoms with Crippen LogP contribution in [0.4, 0.5) is 37.7 Å². The molecule has 162 valence electrons. The molecule has 2 saturated heterocycles. The number of benzene rings is 2. The van der Waals surface area contributed by atoms with E-state index in [1.807, 2.05) is 0 Å². The van der Waals surface area contributed by atoms with E-state index >= 15 is 0 Å². The normalized spacial score (nSPS) is 22.7. The maximum absolute atomic E-state index is 12.9. The summed E-state index contributed by atoms with van der Waals surface area (Å²) in [7, 11) is 0. The fourth-order valence-corrected chi connectivity index (χ4v) is 4.71. The predicted octanol–water partition coefficient (Wildman–Crippen LogP) is 6.36. The lowest BCUT2D eigenvalue weighted by Crippen LogP contribution is -2.46. The number of hydrogen-bond acceptors (Lipinski definition) is 2. The van der Waals surface area contributed by atoms with Crippen molar-refractivity contribution in [3.63, 3.8) is 0 Å². The largest absolute Gasteiger partial charge is 0.416 e. The molecule has 0 radical (unpaired) electrons. The molecule has 2 atom stereocenters. The van der Waals surface area contributed by atoms with Crippen LogP contribution in [0.15, 0.2) is 48.5 Å². The van der Waals surface area contributed by atoms with Crippen LogP contribution in [0.2, 0.25) is 0 Å². The summed E-state index contributed by atoms with van der Waals surface area (Å²) in [4.78, 5) is 4.29. The molecule has 0 aromatic heterocycles. The maximum Gasteiger partial charge on any atom is 0.416 e. The quantitative estimate of drug-likeness (QED) is 0.525. The van der Waals surface area contributed by atoms with Gasteiger partial charge in [-0.1, -0.05) is 0 Å². The smallest absolute Gasteiger partial charge is 0.366 e. The van der Waals surface area contributed by atoms with Gasteiger partial charge in [0.25, 0.3) is 0 Å². The fraction of sp³-hybridized carbons (Fsp3) is 0.455. The standard InChI is InChI=1S/C22H22F6N2/c23-21(24,25)15-5-9-17(10-6-15)29-13-1-3-19(29)20-4-2-14-30(20)18-11-7-16(8-12-18)22(26,27)28/h5-12,19-20H,1-4,13-14H2/t19-,20-/m1/s1. The van der Waals surface area contributed by atoms with Crippen LogP contribution in [-0.4, -0.2) is 25.2 Å². The van der Waals surface area contributed by atoms with Crippen LogP contribution in [0, 0.1) is 0 Å². The van der Waals surface area contributed by atoms with Gasteiger partial charge in [-0.05, 0) is 74.2 Å². The molecule has 2 aromatic rings. The number of anilines is 2. The van der Waals surface area contributed by atoms with Gasteiger partial charge in [0.15, 0.2) is 0 Å². The molecule has 30 heavy (non-hydrogen) atoms. The fourth-order valence-electron chi connectivity index (χ4n) is 4.71. The maximum atomic E-state index is 12.9. The molecule has 4 rings (SSSR count). The van der Waals surface area contributed by atoms with Gasteiger partial charge in [-0.15, -0.1) is 0 Å². The molecule has 0 N–H and O–H groups in total. The van der Waals surface area contributed by atoms with E-state index in [2.05, 4.69) is 9.80 Å². The molecule has 2 aromatic carbocycles. The van der Waals surface area contributed by atoms with E-state index in [9.17, 15) is 26.3 Å². The number of halogens is 6. The van der Waals surface area contributed by atoms with Crippen LogP contribution in [0.25, 0.3) is 0 Å². The molecule has 2 nitrogen and oxygen atoms in total. The van der Waals surface area contributed by atoms with Crippen molar-refractivity contribution in [2.75, 3.05) is 22.9 Å². The minimum atomic E-state index is -4.37. The number of hydrogen-bond donors (Lipinski definition) is 0. The molecule has 2 aliphatic rings. The first kappa shape index (κ1) is 20.9. The zero-order valence-electron chi connectivity index (χ0n) is 16.2. The molecule has 2 aliphatic heterocycles. The Labute approximate surface area is 171 Å². The second kappa shape index (κ2) is 7.71. The van der Waals surface area contributed by atoms with Crippen molar-refractivity contribution in [2.45, 2.75) is 50.1 Å². The highest BCUT2D eigenvalue weighted by molar-refractivity contribution is 5.54. The molecule has 0 unspecified atom stereocenters. The topological polar surface area (TPSA) is 6.48 Å². The molecular formula is C22H22F6N2. The Morgan fingerprint density at radius 1 is 0.567 bits per heavy atom. The number of nitrogens with zero attached hydrogens (tertiary/aromatic N) is 2. The van der Waals surface area contributed by atoms with Crippen LogP contribution in [0.5, 0.6) is 0 Å². The lowest BCUT2D eigenvalue weighted by molar-refractivity contribution is -0.138. The third-order valence-corrected chi connectivity index (χ3v) is 6.10. The first-order chi connectivity index (χ1) is 14.1. The average molecular weight is 428 g/mol. The Balaban J connectivity index is 1.54. The van der Waals surface area contributed by atoms with Gasteiger partial charge in [-0.25, -0.2) is 0 Å². The molecule has 8 heteroatoms. The van der Waals surface area contributed by atoms with Gasteiger partial charge in [0.05, 0.1) is 11.1 Å². The Bertz CT molecular complexity index is 784. The van der Waals surface area contributed by atoms with E-state index in [4.69, 9.17) is 0 Å². The van der Waals surface area contributed by atoms with Gasteiger partial charge in [-0.3, -0.25) is 0 Å².